The number of fused-ring (bicyclic) bond motifs is 1. The molecular formula is C28H39F2N5O5. The van der Waals surface area contributed by atoms with Gasteiger partial charge in [0.1, 0.15) is 11.2 Å². The largest absolute Gasteiger partial charge is 0.444 e. The maximum Gasteiger partial charge on any atom is 0.417 e. The predicted octanol–water partition coefficient (Wildman–Crippen LogP) is 5.45. The fraction of sp³-hybridized carbons (Fsp3) is 0.679. The van der Waals surface area contributed by atoms with Crippen LogP contribution in [0.3, 0.4) is 0 Å². The van der Waals surface area contributed by atoms with Gasteiger partial charge in [-0.15, -0.1) is 0 Å². The lowest BCUT2D eigenvalue weighted by Gasteiger charge is -2.33. The minimum absolute atomic E-state index is 0.234. The SMILES string of the molecule is CC(C)(C)OC(=O)N[C@H](c1cn2ncc(CC3CCN(C(=O)OC(C)(C)C)C3=O)cc2n1)C1CCC(F)(F)CC1. The number of alkyl halides is 2. The normalized spacial score (nSPS) is 20.9. The smallest absolute Gasteiger partial charge is 0.417 e. The molecular weight excluding hydrogens is 524 g/mol. The highest BCUT2D eigenvalue weighted by atomic mass is 19.3. The van der Waals surface area contributed by atoms with Gasteiger partial charge in [-0.3, -0.25) is 4.79 Å². The van der Waals surface area contributed by atoms with Crippen LogP contribution in [0.25, 0.3) is 5.65 Å². The summed E-state index contributed by atoms with van der Waals surface area (Å²) >= 11 is 0. The zero-order valence-corrected chi connectivity index (χ0v) is 24.0. The van der Waals surface area contributed by atoms with Gasteiger partial charge >= 0.3 is 12.2 Å². The average Bonchev–Trinajstić information content (AvgIpc) is 3.39. The number of hydrogen-bond donors (Lipinski definition) is 1. The summed E-state index contributed by atoms with van der Waals surface area (Å²) in [6, 6.07) is 1.18. The van der Waals surface area contributed by atoms with Crippen LogP contribution in [0.2, 0.25) is 0 Å². The monoisotopic (exact) mass is 563 g/mol. The lowest BCUT2D eigenvalue weighted by molar-refractivity contribution is -0.130. The summed E-state index contributed by atoms with van der Waals surface area (Å²) in [4.78, 5) is 43.8. The molecule has 0 spiro atoms. The van der Waals surface area contributed by atoms with Crippen molar-refractivity contribution in [1.29, 1.82) is 0 Å². The van der Waals surface area contributed by atoms with Crippen LogP contribution in [0.5, 0.6) is 0 Å². The molecule has 3 heterocycles. The van der Waals surface area contributed by atoms with Crippen molar-refractivity contribution in [2.24, 2.45) is 11.8 Å². The molecule has 220 valence electrons. The van der Waals surface area contributed by atoms with E-state index in [1.54, 1.807) is 64.5 Å². The quantitative estimate of drug-likeness (QED) is 0.515. The van der Waals surface area contributed by atoms with Gasteiger partial charge < -0.3 is 14.8 Å². The summed E-state index contributed by atoms with van der Waals surface area (Å²) in [6.45, 7) is 10.8. The summed E-state index contributed by atoms with van der Waals surface area (Å²) in [5.41, 5.74) is 0.346. The van der Waals surface area contributed by atoms with Crippen molar-refractivity contribution in [3.63, 3.8) is 0 Å². The van der Waals surface area contributed by atoms with Crippen LogP contribution in [-0.4, -0.2) is 61.3 Å². The van der Waals surface area contributed by atoms with Crippen molar-refractivity contribution in [2.45, 2.75) is 103 Å². The number of imide groups is 1. The maximum absolute atomic E-state index is 13.9. The first kappa shape index (κ1) is 29.7. The van der Waals surface area contributed by atoms with Gasteiger partial charge in [-0.05, 0) is 84.8 Å². The third-order valence-electron chi connectivity index (χ3n) is 7.03. The van der Waals surface area contributed by atoms with Crippen LogP contribution in [-0.2, 0) is 20.7 Å². The number of carbonyl (C=O) groups excluding carboxylic acids is 3. The zero-order chi connectivity index (χ0) is 29.5. The Morgan fingerprint density at radius 2 is 1.75 bits per heavy atom. The second-order valence-electron chi connectivity index (χ2n) is 12.8. The van der Waals surface area contributed by atoms with E-state index in [1.165, 1.54) is 0 Å². The molecule has 0 aromatic carbocycles. The molecule has 1 saturated heterocycles. The molecule has 2 fully saturated rings. The molecule has 1 aliphatic carbocycles. The molecule has 1 aliphatic heterocycles. The lowest BCUT2D eigenvalue weighted by Crippen LogP contribution is -2.40. The minimum atomic E-state index is -2.71. The lowest BCUT2D eigenvalue weighted by atomic mass is 9.81. The Bertz CT molecular complexity index is 1260. The van der Waals surface area contributed by atoms with E-state index < -0.39 is 41.3 Å². The molecule has 2 atom stereocenters. The van der Waals surface area contributed by atoms with E-state index in [9.17, 15) is 23.2 Å². The first-order valence-electron chi connectivity index (χ1n) is 13.8. The van der Waals surface area contributed by atoms with Crippen molar-refractivity contribution in [1.82, 2.24) is 24.8 Å². The van der Waals surface area contributed by atoms with E-state index >= 15 is 0 Å². The third kappa shape index (κ3) is 7.45. The Kier molecular flexibility index (Phi) is 8.11. The van der Waals surface area contributed by atoms with Gasteiger partial charge in [-0.2, -0.15) is 5.10 Å². The molecule has 40 heavy (non-hydrogen) atoms. The summed E-state index contributed by atoms with van der Waals surface area (Å²) in [6.07, 6.45) is 2.88. The topological polar surface area (TPSA) is 115 Å². The molecule has 3 amide bonds. The highest BCUT2D eigenvalue weighted by molar-refractivity contribution is 5.95. The molecule has 1 unspecified atom stereocenters. The van der Waals surface area contributed by atoms with Crippen molar-refractivity contribution in [3.8, 4) is 0 Å². The Morgan fingerprint density at radius 3 is 2.38 bits per heavy atom. The molecule has 0 radical (unpaired) electrons. The number of nitrogens with one attached hydrogen (secondary N) is 1. The highest BCUT2D eigenvalue weighted by Gasteiger charge is 2.40. The van der Waals surface area contributed by atoms with Gasteiger partial charge in [0.15, 0.2) is 5.65 Å². The number of hydrogen-bond acceptors (Lipinski definition) is 7. The zero-order valence-electron chi connectivity index (χ0n) is 24.0. The van der Waals surface area contributed by atoms with Crippen LogP contribution >= 0.6 is 0 Å². The van der Waals surface area contributed by atoms with Crippen LogP contribution in [0.1, 0.15) is 90.9 Å². The van der Waals surface area contributed by atoms with Crippen molar-refractivity contribution >= 4 is 23.7 Å². The van der Waals surface area contributed by atoms with Gasteiger partial charge in [0.05, 0.1) is 24.1 Å². The van der Waals surface area contributed by atoms with E-state index in [-0.39, 0.29) is 37.5 Å². The van der Waals surface area contributed by atoms with Crippen molar-refractivity contribution in [3.05, 3.63) is 29.7 Å². The summed E-state index contributed by atoms with van der Waals surface area (Å²) in [5, 5.41) is 7.29. The Balaban J connectivity index is 1.51. The number of halogens is 2. The van der Waals surface area contributed by atoms with E-state index in [1.807, 2.05) is 0 Å². The van der Waals surface area contributed by atoms with Gasteiger partial charge in [-0.1, -0.05) is 0 Å². The second-order valence-corrected chi connectivity index (χ2v) is 12.8. The van der Waals surface area contributed by atoms with Crippen LogP contribution in [0, 0.1) is 11.8 Å². The van der Waals surface area contributed by atoms with Gasteiger partial charge in [-0.25, -0.2) is 32.8 Å². The molecule has 2 aliphatic rings. The number of imidazole rings is 1. The Hall–Kier alpha value is -3.31. The number of likely N-dealkylation sites (tertiary alicyclic amines) is 1. The van der Waals surface area contributed by atoms with E-state index in [2.05, 4.69) is 15.4 Å². The molecule has 0 bridgehead atoms. The molecule has 1 N–H and O–H groups in total. The van der Waals surface area contributed by atoms with Crippen LogP contribution < -0.4 is 5.32 Å². The van der Waals surface area contributed by atoms with Gasteiger partial charge in [0, 0.05) is 25.3 Å². The molecule has 2 aromatic rings. The van der Waals surface area contributed by atoms with Gasteiger partial charge in [0.25, 0.3) is 0 Å². The highest BCUT2D eigenvalue weighted by Crippen LogP contribution is 2.41. The second kappa shape index (κ2) is 10.9. The van der Waals surface area contributed by atoms with E-state index in [0.29, 0.717) is 30.7 Å². The molecule has 10 nitrogen and oxygen atoms in total. The van der Waals surface area contributed by atoms with Gasteiger partial charge in [0.2, 0.25) is 11.8 Å². The van der Waals surface area contributed by atoms with E-state index in [0.717, 1.165) is 10.5 Å². The summed E-state index contributed by atoms with van der Waals surface area (Å²) in [7, 11) is 0. The Labute approximate surface area is 232 Å². The number of alkyl carbamates (subject to hydrolysis) is 1. The fourth-order valence-electron chi connectivity index (χ4n) is 5.17. The van der Waals surface area contributed by atoms with E-state index in [4.69, 9.17) is 9.47 Å². The van der Waals surface area contributed by atoms with Crippen LogP contribution in [0.15, 0.2) is 18.5 Å². The number of rotatable bonds is 5. The maximum atomic E-state index is 13.9. The molecule has 2 aromatic heterocycles. The minimum Gasteiger partial charge on any atom is -0.444 e. The first-order valence-corrected chi connectivity index (χ1v) is 13.8. The number of aromatic nitrogens is 3. The predicted molar refractivity (Wildman–Crippen MR) is 142 cm³/mol. The average molecular weight is 564 g/mol. The molecule has 12 heteroatoms. The number of carbonyl (C=O) groups is 3. The summed E-state index contributed by atoms with van der Waals surface area (Å²) in [5.74, 6) is -3.63. The number of nitrogens with zero attached hydrogens (tertiary/aromatic N) is 4. The van der Waals surface area contributed by atoms with Crippen molar-refractivity contribution in [2.75, 3.05) is 6.54 Å². The van der Waals surface area contributed by atoms with Crippen LogP contribution in [0.4, 0.5) is 18.4 Å². The summed E-state index contributed by atoms with van der Waals surface area (Å²) < 4.78 is 40.1. The molecule has 1 saturated carbocycles. The first-order chi connectivity index (χ1) is 18.5. The third-order valence-corrected chi connectivity index (χ3v) is 7.03. The fourth-order valence-corrected chi connectivity index (χ4v) is 5.17. The Morgan fingerprint density at radius 1 is 1.10 bits per heavy atom. The standard InChI is InChI=1S/C28H39F2N5O5/c1-26(2,3)39-24(37)33-22(18-7-10-28(29,30)11-8-18)20-16-35-21(32-20)14-17(15-31-35)13-19-9-12-34(23(19)36)25(38)40-27(4,5)6/h14-16,18-19,22H,7-13H2,1-6H3,(H,33,37)/t19?,22-/m0/s1. The number of amides is 3. The van der Waals surface area contributed by atoms with Crippen molar-refractivity contribution < 1.29 is 32.6 Å². The molecule has 4 rings (SSSR count). The number of ether oxygens (including phenoxy) is 2.